The molecule has 0 bridgehead atoms. The van der Waals surface area contributed by atoms with Crippen molar-refractivity contribution in [3.63, 3.8) is 0 Å². The molecule has 1 aromatic carbocycles. The first-order valence-corrected chi connectivity index (χ1v) is 4.77. The van der Waals surface area contributed by atoms with Gasteiger partial charge in [0.2, 0.25) is 0 Å². The number of hydrogen-bond acceptors (Lipinski definition) is 3. The van der Waals surface area contributed by atoms with Gasteiger partial charge in [-0.3, -0.25) is 9.59 Å². The Bertz CT molecular complexity index is 520. The number of benzene rings is 1. The maximum Gasteiger partial charge on any atom is 0.280 e. The van der Waals surface area contributed by atoms with Crippen molar-refractivity contribution in [2.24, 2.45) is 16.5 Å². The second kappa shape index (κ2) is 4.12. The van der Waals surface area contributed by atoms with Gasteiger partial charge in [-0.2, -0.15) is 4.99 Å². The van der Waals surface area contributed by atoms with Crippen LogP contribution in [0, 0.1) is 0 Å². The summed E-state index contributed by atoms with van der Waals surface area (Å²) in [5, 5.41) is 2.61. The Morgan fingerprint density at radius 3 is 2.88 bits per heavy atom. The Morgan fingerprint density at radius 2 is 2.18 bits per heavy atom. The Hall–Kier alpha value is -2.57. The van der Waals surface area contributed by atoms with Crippen molar-refractivity contribution in [2.75, 3.05) is 11.9 Å². The number of amides is 2. The molecule has 0 atom stereocenters. The number of carbonyl (C=O) groups is 2. The highest BCUT2D eigenvalue weighted by molar-refractivity contribution is 6.03. The first-order valence-electron chi connectivity index (χ1n) is 4.77. The molecule has 0 radical (unpaired) electrons. The molecule has 1 aromatic rings. The lowest BCUT2D eigenvalue weighted by molar-refractivity contribution is -0.118. The van der Waals surface area contributed by atoms with E-state index in [0.29, 0.717) is 11.4 Å². The fourth-order valence-corrected chi connectivity index (χ4v) is 1.39. The van der Waals surface area contributed by atoms with Crippen LogP contribution in [0.3, 0.4) is 0 Å². The molecule has 88 valence electrons. The highest BCUT2D eigenvalue weighted by Gasteiger charge is 2.17. The van der Waals surface area contributed by atoms with Gasteiger partial charge in [-0.05, 0) is 18.2 Å². The zero-order chi connectivity index (χ0) is 12.4. The van der Waals surface area contributed by atoms with Crippen molar-refractivity contribution in [1.29, 1.82) is 0 Å². The van der Waals surface area contributed by atoms with Gasteiger partial charge in [0.15, 0.2) is 12.6 Å². The summed E-state index contributed by atoms with van der Waals surface area (Å²) in [5.74, 6) is -0.683. The van der Waals surface area contributed by atoms with E-state index in [0.717, 1.165) is 0 Å². The number of anilines is 1. The van der Waals surface area contributed by atoms with Gasteiger partial charge < -0.3 is 21.5 Å². The fraction of sp³-hybridized carbons (Fsp3) is 0.100. The fourth-order valence-electron chi connectivity index (χ4n) is 1.39. The molecule has 1 aliphatic heterocycles. The quantitative estimate of drug-likeness (QED) is 0.444. The minimum Gasteiger partial charge on any atom is -0.482 e. The third-order valence-electron chi connectivity index (χ3n) is 2.09. The van der Waals surface area contributed by atoms with Crippen LogP contribution in [0.2, 0.25) is 0 Å². The zero-order valence-electron chi connectivity index (χ0n) is 8.77. The molecule has 0 aromatic heterocycles. The molecule has 0 saturated heterocycles. The number of fused-ring (bicyclic) bond motifs is 1. The second-order valence-electron chi connectivity index (χ2n) is 3.39. The number of hydrogen-bond donors (Lipinski definition) is 3. The Labute approximate surface area is 96.4 Å². The summed E-state index contributed by atoms with van der Waals surface area (Å²) in [7, 11) is 0. The summed E-state index contributed by atoms with van der Waals surface area (Å²) < 4.78 is 5.16. The molecule has 0 fully saturated rings. The van der Waals surface area contributed by atoms with E-state index in [2.05, 4.69) is 10.3 Å². The number of nitrogens with zero attached hydrogens (tertiary/aromatic N) is 1. The number of carbonyl (C=O) groups excluding carboxylic acids is 2. The van der Waals surface area contributed by atoms with Crippen LogP contribution in [0.5, 0.6) is 5.75 Å². The van der Waals surface area contributed by atoms with Crippen molar-refractivity contribution < 1.29 is 14.3 Å². The summed E-state index contributed by atoms with van der Waals surface area (Å²) in [6.45, 7) is -0.0764. The summed E-state index contributed by atoms with van der Waals surface area (Å²) >= 11 is 0. The molecule has 0 aliphatic carbocycles. The number of ether oxygens (including phenoxy) is 1. The average molecular weight is 234 g/mol. The van der Waals surface area contributed by atoms with E-state index >= 15 is 0 Å². The van der Waals surface area contributed by atoms with Crippen LogP contribution >= 0.6 is 0 Å². The first-order chi connectivity index (χ1) is 8.06. The Balaban J connectivity index is 2.31. The van der Waals surface area contributed by atoms with Crippen LogP contribution in [0.25, 0.3) is 0 Å². The van der Waals surface area contributed by atoms with E-state index in [1.165, 1.54) is 12.1 Å². The predicted octanol–water partition coefficient (Wildman–Crippen LogP) is -0.569. The number of nitrogens with two attached hydrogens (primary N) is 2. The summed E-state index contributed by atoms with van der Waals surface area (Å²) in [6.07, 6.45) is 0. The van der Waals surface area contributed by atoms with Crippen molar-refractivity contribution in [3.8, 4) is 5.75 Å². The van der Waals surface area contributed by atoms with Crippen LogP contribution in [-0.4, -0.2) is 24.4 Å². The van der Waals surface area contributed by atoms with E-state index in [1.807, 2.05) is 0 Å². The first kappa shape index (κ1) is 10.9. The van der Waals surface area contributed by atoms with Crippen LogP contribution < -0.4 is 21.5 Å². The zero-order valence-corrected chi connectivity index (χ0v) is 8.77. The van der Waals surface area contributed by atoms with E-state index in [4.69, 9.17) is 16.2 Å². The number of guanidine groups is 1. The van der Waals surface area contributed by atoms with E-state index in [-0.39, 0.29) is 24.0 Å². The van der Waals surface area contributed by atoms with Gasteiger partial charge in [-0.15, -0.1) is 0 Å². The second-order valence-corrected chi connectivity index (χ2v) is 3.39. The molecule has 1 heterocycles. The highest BCUT2D eigenvalue weighted by Crippen LogP contribution is 2.28. The lowest BCUT2D eigenvalue weighted by atomic mass is 10.1. The topological polar surface area (TPSA) is 120 Å². The molecule has 7 nitrogen and oxygen atoms in total. The highest BCUT2D eigenvalue weighted by atomic mass is 16.5. The van der Waals surface area contributed by atoms with Crippen molar-refractivity contribution in [1.82, 2.24) is 0 Å². The minimum atomic E-state index is -0.562. The standard InChI is InChI=1S/C10H10N4O3/c11-10(12)14-9(16)5-1-2-6-7(3-5)17-4-8(15)13-6/h1-3H,4H2,(H,13,15)(H4,11,12,14,16). The van der Waals surface area contributed by atoms with Gasteiger partial charge in [-0.1, -0.05) is 0 Å². The number of aliphatic imine (C=N–C) groups is 1. The summed E-state index contributed by atoms with van der Waals surface area (Å²) in [4.78, 5) is 25.9. The molecular weight excluding hydrogens is 224 g/mol. The molecule has 5 N–H and O–H groups in total. The Kier molecular flexibility index (Phi) is 2.65. The van der Waals surface area contributed by atoms with E-state index in [9.17, 15) is 9.59 Å². The van der Waals surface area contributed by atoms with Gasteiger partial charge >= 0.3 is 0 Å². The van der Waals surface area contributed by atoms with Crippen LogP contribution in [0.1, 0.15) is 10.4 Å². The lowest BCUT2D eigenvalue weighted by Gasteiger charge is -2.17. The molecular formula is C10H10N4O3. The number of nitrogens with one attached hydrogen (secondary N) is 1. The summed E-state index contributed by atoms with van der Waals surface area (Å²) in [5.41, 5.74) is 11.0. The number of rotatable bonds is 1. The van der Waals surface area contributed by atoms with Gasteiger partial charge in [-0.25, -0.2) is 0 Å². The van der Waals surface area contributed by atoms with Gasteiger partial charge in [0.1, 0.15) is 5.75 Å². The normalized spacial score (nSPS) is 13.1. The summed E-state index contributed by atoms with van der Waals surface area (Å²) in [6, 6.07) is 4.54. The van der Waals surface area contributed by atoms with Gasteiger partial charge in [0.25, 0.3) is 11.8 Å². The minimum absolute atomic E-state index is 0.0764. The molecule has 0 spiro atoms. The maximum absolute atomic E-state index is 11.5. The SMILES string of the molecule is NC(N)=NC(=O)c1ccc2c(c1)OCC(=O)N2. The largest absolute Gasteiger partial charge is 0.482 e. The molecule has 0 unspecified atom stereocenters. The van der Waals surface area contributed by atoms with Crippen LogP contribution in [0.15, 0.2) is 23.2 Å². The molecule has 1 aliphatic rings. The monoisotopic (exact) mass is 234 g/mol. The third kappa shape index (κ3) is 2.33. The molecule has 7 heteroatoms. The lowest BCUT2D eigenvalue weighted by Crippen LogP contribution is -2.26. The molecule has 0 saturated carbocycles. The van der Waals surface area contributed by atoms with Gasteiger partial charge in [0, 0.05) is 5.56 Å². The average Bonchev–Trinajstić information content (AvgIpc) is 2.27. The molecule has 2 amide bonds. The molecule has 17 heavy (non-hydrogen) atoms. The third-order valence-corrected chi connectivity index (χ3v) is 2.09. The van der Waals surface area contributed by atoms with Gasteiger partial charge in [0.05, 0.1) is 5.69 Å². The smallest absolute Gasteiger partial charge is 0.280 e. The van der Waals surface area contributed by atoms with E-state index in [1.54, 1.807) is 6.07 Å². The van der Waals surface area contributed by atoms with E-state index < -0.39 is 5.91 Å². The predicted molar refractivity (Wildman–Crippen MR) is 60.7 cm³/mol. The van der Waals surface area contributed by atoms with Crippen LogP contribution in [0.4, 0.5) is 5.69 Å². The maximum atomic E-state index is 11.5. The Morgan fingerprint density at radius 1 is 1.41 bits per heavy atom. The van der Waals surface area contributed by atoms with Crippen LogP contribution in [-0.2, 0) is 4.79 Å². The van der Waals surface area contributed by atoms with Crippen molar-refractivity contribution in [3.05, 3.63) is 23.8 Å². The molecule has 2 rings (SSSR count). The van der Waals surface area contributed by atoms with Crippen molar-refractivity contribution in [2.45, 2.75) is 0 Å². The van der Waals surface area contributed by atoms with Crippen molar-refractivity contribution >= 4 is 23.5 Å².